The van der Waals surface area contributed by atoms with Crippen molar-refractivity contribution in [3.05, 3.63) is 41.0 Å². The van der Waals surface area contributed by atoms with Gasteiger partial charge >= 0.3 is 0 Å². The maximum absolute atomic E-state index is 9.99. The molecule has 1 saturated heterocycles. The molecule has 0 bridgehead atoms. The van der Waals surface area contributed by atoms with Crippen LogP contribution in [-0.2, 0) is 6.54 Å². The third kappa shape index (κ3) is 2.73. The first kappa shape index (κ1) is 12.9. The highest BCUT2D eigenvalue weighted by Crippen LogP contribution is 2.26. The number of nitrogens with zero attached hydrogens (tertiary/aromatic N) is 2. The molecule has 4 heteroatoms. The smallest absolute Gasteiger partial charge is 0.134 e. The Balaban J connectivity index is 1.87. The van der Waals surface area contributed by atoms with Gasteiger partial charge in [-0.15, -0.1) is 0 Å². The summed E-state index contributed by atoms with van der Waals surface area (Å²) in [4.78, 5) is 6.65. The van der Waals surface area contributed by atoms with E-state index in [1.54, 1.807) is 0 Å². The molecule has 1 aliphatic heterocycles. The van der Waals surface area contributed by atoms with Gasteiger partial charge in [-0.3, -0.25) is 4.90 Å². The zero-order valence-electron chi connectivity index (χ0n) is 10.9. The van der Waals surface area contributed by atoms with Crippen LogP contribution < -0.4 is 0 Å². The van der Waals surface area contributed by atoms with Crippen LogP contribution in [0.25, 0.3) is 10.9 Å². The van der Waals surface area contributed by atoms with Gasteiger partial charge in [0.05, 0.1) is 11.1 Å². The van der Waals surface area contributed by atoms with Gasteiger partial charge in [-0.25, -0.2) is 4.98 Å². The Morgan fingerprint density at radius 2 is 2.21 bits per heavy atom. The largest absolute Gasteiger partial charge is 0.389 e. The third-order valence-corrected chi connectivity index (χ3v) is 4.00. The molecule has 3 nitrogen and oxygen atoms in total. The molecule has 0 amide bonds. The summed E-state index contributed by atoms with van der Waals surface area (Å²) in [6.45, 7) is 4.21. The lowest BCUT2D eigenvalue weighted by Crippen LogP contribution is -2.29. The van der Waals surface area contributed by atoms with Gasteiger partial charge in [-0.2, -0.15) is 0 Å². The van der Waals surface area contributed by atoms with Gasteiger partial charge in [0.25, 0.3) is 0 Å². The first-order valence-corrected chi connectivity index (χ1v) is 6.90. The van der Waals surface area contributed by atoms with Crippen molar-refractivity contribution in [3.63, 3.8) is 0 Å². The summed E-state index contributed by atoms with van der Waals surface area (Å²) in [5.41, 5.74) is 1.37. The van der Waals surface area contributed by atoms with Crippen LogP contribution in [0.5, 0.6) is 0 Å². The van der Waals surface area contributed by atoms with Crippen LogP contribution in [0, 0.1) is 0 Å². The van der Waals surface area contributed by atoms with E-state index in [1.165, 1.54) is 0 Å². The maximum atomic E-state index is 9.99. The minimum atomic E-state index is -0.573. The van der Waals surface area contributed by atoms with Crippen molar-refractivity contribution < 1.29 is 5.11 Å². The maximum Gasteiger partial charge on any atom is 0.134 e. The topological polar surface area (TPSA) is 36.4 Å². The normalized spacial score (nSPS) is 24.2. The first-order chi connectivity index (χ1) is 9.03. The Hall–Kier alpha value is -1.16. The second-order valence-electron chi connectivity index (χ2n) is 5.59. The van der Waals surface area contributed by atoms with Crippen molar-refractivity contribution in [2.45, 2.75) is 25.5 Å². The molecule has 1 unspecified atom stereocenters. The Labute approximate surface area is 117 Å². The summed E-state index contributed by atoms with van der Waals surface area (Å²) in [5.74, 6) is 0. The number of para-hydroxylation sites is 1. The molecule has 1 atom stereocenters. The summed E-state index contributed by atoms with van der Waals surface area (Å²) >= 11 is 6.25. The molecule has 1 fully saturated rings. The lowest BCUT2D eigenvalue weighted by atomic mass is 10.1. The molecule has 0 aliphatic carbocycles. The number of benzene rings is 1. The van der Waals surface area contributed by atoms with Gasteiger partial charge in [0.2, 0.25) is 0 Å². The highest BCUT2D eigenvalue weighted by atomic mass is 35.5. The van der Waals surface area contributed by atoms with Gasteiger partial charge in [0.1, 0.15) is 5.15 Å². The van der Waals surface area contributed by atoms with Gasteiger partial charge in [0.15, 0.2) is 0 Å². The van der Waals surface area contributed by atoms with E-state index in [-0.39, 0.29) is 0 Å². The SMILES string of the molecule is CC1(O)CCN(Cc2cc3ccccc3nc2Cl)C1. The van der Waals surface area contributed by atoms with E-state index in [4.69, 9.17) is 11.6 Å². The molecule has 1 aliphatic rings. The Kier molecular flexibility index (Phi) is 3.21. The van der Waals surface area contributed by atoms with E-state index in [0.29, 0.717) is 11.7 Å². The summed E-state index contributed by atoms with van der Waals surface area (Å²) in [6, 6.07) is 10.1. The van der Waals surface area contributed by atoms with Gasteiger partial charge in [-0.1, -0.05) is 29.8 Å². The first-order valence-electron chi connectivity index (χ1n) is 6.52. The number of pyridine rings is 1. The minimum Gasteiger partial charge on any atom is -0.389 e. The zero-order valence-corrected chi connectivity index (χ0v) is 11.7. The van der Waals surface area contributed by atoms with Crippen molar-refractivity contribution in [1.82, 2.24) is 9.88 Å². The molecule has 0 spiro atoms. The number of β-amino-alcohol motifs (C(OH)–C–C–N with tert-alkyl or cyclic N) is 1. The van der Waals surface area contributed by atoms with Crippen LogP contribution in [-0.4, -0.2) is 33.7 Å². The van der Waals surface area contributed by atoms with E-state index in [1.807, 2.05) is 31.2 Å². The average molecular weight is 277 g/mol. The van der Waals surface area contributed by atoms with Crippen LogP contribution in [0.1, 0.15) is 18.9 Å². The van der Waals surface area contributed by atoms with Crippen molar-refractivity contribution in [3.8, 4) is 0 Å². The predicted molar refractivity (Wildman–Crippen MR) is 77.3 cm³/mol. The second kappa shape index (κ2) is 4.75. The summed E-state index contributed by atoms with van der Waals surface area (Å²) < 4.78 is 0. The van der Waals surface area contributed by atoms with Crippen molar-refractivity contribution in [2.24, 2.45) is 0 Å². The molecule has 1 aromatic carbocycles. The fraction of sp³-hybridized carbons (Fsp3) is 0.400. The average Bonchev–Trinajstić information content (AvgIpc) is 2.70. The number of hydrogen-bond acceptors (Lipinski definition) is 3. The fourth-order valence-corrected chi connectivity index (χ4v) is 2.87. The van der Waals surface area contributed by atoms with Crippen LogP contribution in [0.15, 0.2) is 30.3 Å². The van der Waals surface area contributed by atoms with Crippen molar-refractivity contribution >= 4 is 22.5 Å². The predicted octanol–water partition coefficient (Wildman–Crippen LogP) is 2.84. The number of hydrogen-bond donors (Lipinski definition) is 1. The highest BCUT2D eigenvalue weighted by Gasteiger charge is 2.31. The number of likely N-dealkylation sites (tertiary alicyclic amines) is 1. The van der Waals surface area contributed by atoms with Gasteiger partial charge in [0, 0.05) is 30.6 Å². The summed E-state index contributed by atoms with van der Waals surface area (Å²) in [6.07, 6.45) is 0.811. The van der Waals surface area contributed by atoms with Crippen LogP contribution in [0.2, 0.25) is 5.15 Å². The quantitative estimate of drug-likeness (QED) is 0.857. The van der Waals surface area contributed by atoms with Crippen LogP contribution in [0.4, 0.5) is 0 Å². The molecular formula is C15H17ClN2O. The van der Waals surface area contributed by atoms with E-state index in [9.17, 15) is 5.11 Å². The molecule has 1 aromatic heterocycles. The number of aromatic nitrogens is 1. The van der Waals surface area contributed by atoms with Crippen LogP contribution in [0.3, 0.4) is 0 Å². The monoisotopic (exact) mass is 276 g/mol. The standard InChI is InChI=1S/C15H17ClN2O/c1-15(19)6-7-18(10-15)9-12-8-11-4-2-3-5-13(11)17-14(12)16/h2-5,8,19H,6-7,9-10H2,1H3. The van der Waals surface area contributed by atoms with Gasteiger partial charge < -0.3 is 5.11 Å². The molecule has 3 rings (SSSR count). The molecule has 19 heavy (non-hydrogen) atoms. The zero-order chi connectivity index (χ0) is 13.5. The van der Waals surface area contributed by atoms with Gasteiger partial charge in [-0.05, 0) is 25.5 Å². The van der Waals surface area contributed by atoms with E-state index < -0.39 is 5.60 Å². The number of rotatable bonds is 2. The van der Waals surface area contributed by atoms with E-state index in [2.05, 4.69) is 16.0 Å². The van der Waals surface area contributed by atoms with E-state index >= 15 is 0 Å². The number of fused-ring (bicyclic) bond motifs is 1. The lowest BCUT2D eigenvalue weighted by Gasteiger charge is -2.19. The van der Waals surface area contributed by atoms with Crippen LogP contribution >= 0.6 is 11.6 Å². The lowest BCUT2D eigenvalue weighted by molar-refractivity contribution is 0.0679. The number of halogens is 1. The fourth-order valence-electron chi connectivity index (χ4n) is 2.66. The Morgan fingerprint density at radius 3 is 2.95 bits per heavy atom. The van der Waals surface area contributed by atoms with E-state index in [0.717, 1.165) is 36.0 Å². The number of aliphatic hydroxyl groups is 1. The molecular weight excluding hydrogens is 260 g/mol. The molecule has 2 aromatic rings. The minimum absolute atomic E-state index is 0.560. The summed E-state index contributed by atoms with van der Waals surface area (Å²) in [7, 11) is 0. The van der Waals surface area contributed by atoms with Crippen molar-refractivity contribution in [1.29, 1.82) is 0 Å². The van der Waals surface area contributed by atoms with Crippen molar-refractivity contribution in [2.75, 3.05) is 13.1 Å². The molecule has 1 N–H and O–H groups in total. The highest BCUT2D eigenvalue weighted by molar-refractivity contribution is 6.30. The molecule has 100 valence electrons. The summed E-state index contributed by atoms with van der Waals surface area (Å²) in [5, 5.41) is 11.7. The Morgan fingerprint density at radius 1 is 1.42 bits per heavy atom. The molecule has 2 heterocycles. The second-order valence-corrected chi connectivity index (χ2v) is 5.95. The molecule has 0 saturated carbocycles. The Bertz CT molecular complexity index is 612. The third-order valence-electron chi connectivity index (χ3n) is 3.67. The molecule has 0 radical (unpaired) electrons.